The zero-order valence-electron chi connectivity index (χ0n) is 10.9. The topological polar surface area (TPSA) is 9.23 Å². The summed E-state index contributed by atoms with van der Waals surface area (Å²) in [6.45, 7) is 0. The van der Waals surface area contributed by atoms with Gasteiger partial charge in [0.25, 0.3) is 0 Å². The van der Waals surface area contributed by atoms with E-state index in [-0.39, 0.29) is 0 Å². The highest BCUT2D eigenvalue weighted by Crippen LogP contribution is 2.33. The second-order valence-corrected chi connectivity index (χ2v) is 6.20. The van der Waals surface area contributed by atoms with Crippen LogP contribution in [0.5, 0.6) is 11.5 Å². The van der Waals surface area contributed by atoms with E-state index in [2.05, 4.69) is 22.0 Å². The third-order valence-corrected chi connectivity index (χ3v) is 4.33. The highest BCUT2D eigenvalue weighted by atomic mass is 79.9. The van der Waals surface area contributed by atoms with Crippen LogP contribution in [0.25, 0.3) is 10.8 Å². The molecule has 0 aliphatic carbocycles. The van der Waals surface area contributed by atoms with Gasteiger partial charge in [-0.25, -0.2) is 0 Å². The molecule has 0 atom stereocenters. The van der Waals surface area contributed by atoms with Crippen LogP contribution in [0.3, 0.4) is 0 Å². The van der Waals surface area contributed by atoms with E-state index in [4.69, 9.17) is 27.9 Å². The minimum Gasteiger partial charge on any atom is -0.457 e. The van der Waals surface area contributed by atoms with Gasteiger partial charge in [0, 0.05) is 15.1 Å². The van der Waals surface area contributed by atoms with Gasteiger partial charge in [0.05, 0.1) is 5.88 Å². The van der Waals surface area contributed by atoms with Gasteiger partial charge in [-0.15, -0.1) is 11.6 Å². The quantitative estimate of drug-likeness (QED) is 0.454. The van der Waals surface area contributed by atoms with E-state index in [0.29, 0.717) is 16.7 Å². The fourth-order valence-electron chi connectivity index (χ4n) is 2.15. The number of alkyl halides is 1. The van der Waals surface area contributed by atoms with Crippen molar-refractivity contribution in [2.24, 2.45) is 0 Å². The third kappa shape index (κ3) is 3.18. The molecule has 0 amide bonds. The maximum Gasteiger partial charge on any atom is 0.133 e. The smallest absolute Gasteiger partial charge is 0.133 e. The van der Waals surface area contributed by atoms with Gasteiger partial charge in [-0.1, -0.05) is 45.7 Å². The predicted molar refractivity (Wildman–Crippen MR) is 92.7 cm³/mol. The predicted octanol–water partition coefficient (Wildman–Crippen LogP) is 6.79. The maximum absolute atomic E-state index is 6.14. The molecule has 3 aromatic rings. The van der Waals surface area contributed by atoms with Gasteiger partial charge >= 0.3 is 0 Å². The summed E-state index contributed by atoms with van der Waals surface area (Å²) in [4.78, 5) is 0. The van der Waals surface area contributed by atoms with E-state index in [1.807, 2.05) is 48.5 Å². The Labute approximate surface area is 141 Å². The Balaban J connectivity index is 1.98. The molecule has 4 heteroatoms. The molecule has 0 aliphatic rings. The Kier molecular flexibility index (Phi) is 4.39. The van der Waals surface area contributed by atoms with Crippen molar-refractivity contribution in [2.45, 2.75) is 5.88 Å². The molecular formula is C17H11BrCl2O. The number of ether oxygens (including phenoxy) is 1. The second kappa shape index (κ2) is 6.27. The van der Waals surface area contributed by atoms with Gasteiger partial charge in [-0.3, -0.25) is 0 Å². The second-order valence-electron chi connectivity index (χ2n) is 4.61. The fraction of sp³-hybridized carbons (Fsp3) is 0.0588. The average molecular weight is 382 g/mol. The molecule has 3 aromatic carbocycles. The highest BCUT2D eigenvalue weighted by Gasteiger charge is 2.08. The molecule has 0 saturated heterocycles. The van der Waals surface area contributed by atoms with Gasteiger partial charge in [0.15, 0.2) is 0 Å². The lowest BCUT2D eigenvalue weighted by Gasteiger charge is -2.11. The van der Waals surface area contributed by atoms with E-state index < -0.39 is 0 Å². The van der Waals surface area contributed by atoms with Crippen molar-refractivity contribution in [1.82, 2.24) is 0 Å². The van der Waals surface area contributed by atoms with E-state index in [9.17, 15) is 0 Å². The largest absolute Gasteiger partial charge is 0.457 e. The molecular weight excluding hydrogens is 371 g/mol. The van der Waals surface area contributed by atoms with Gasteiger partial charge in [0.2, 0.25) is 0 Å². The van der Waals surface area contributed by atoms with Crippen molar-refractivity contribution in [3.63, 3.8) is 0 Å². The summed E-state index contributed by atoms with van der Waals surface area (Å²) in [5, 5.41) is 2.89. The van der Waals surface area contributed by atoms with Crippen LogP contribution in [0.2, 0.25) is 5.02 Å². The molecule has 0 bridgehead atoms. The Morgan fingerprint density at radius 2 is 1.71 bits per heavy atom. The van der Waals surface area contributed by atoms with Crippen molar-refractivity contribution in [3.05, 3.63) is 69.7 Å². The summed E-state index contributed by atoms with van der Waals surface area (Å²) in [5.74, 6) is 1.77. The molecule has 1 nitrogen and oxygen atoms in total. The standard InChI is InChI=1S/C17H11BrCl2O/c18-13-6-4-12-9-14(7-5-11(12)8-13)21-17-3-1-2-16(20)15(17)10-19/h1-9H,10H2. The first kappa shape index (κ1) is 14.7. The van der Waals surface area contributed by atoms with Crippen LogP contribution < -0.4 is 4.74 Å². The van der Waals surface area contributed by atoms with Crippen molar-refractivity contribution < 1.29 is 4.74 Å². The van der Waals surface area contributed by atoms with Gasteiger partial charge in [0.1, 0.15) is 11.5 Å². The Bertz CT molecular complexity index is 802. The van der Waals surface area contributed by atoms with Crippen molar-refractivity contribution in [1.29, 1.82) is 0 Å². The fourth-order valence-corrected chi connectivity index (χ4v) is 3.10. The van der Waals surface area contributed by atoms with E-state index in [1.54, 1.807) is 0 Å². The maximum atomic E-state index is 6.14. The summed E-state index contributed by atoms with van der Waals surface area (Å²) in [5.41, 5.74) is 0.803. The molecule has 3 rings (SSSR count). The zero-order chi connectivity index (χ0) is 14.8. The lowest BCUT2D eigenvalue weighted by atomic mass is 10.1. The SMILES string of the molecule is ClCc1c(Cl)cccc1Oc1ccc2cc(Br)ccc2c1. The van der Waals surface area contributed by atoms with E-state index in [1.165, 1.54) is 0 Å². The van der Waals surface area contributed by atoms with Crippen molar-refractivity contribution in [2.75, 3.05) is 0 Å². The van der Waals surface area contributed by atoms with Gasteiger partial charge in [-0.05, 0) is 47.2 Å². The molecule has 0 N–H and O–H groups in total. The van der Waals surface area contributed by atoms with Crippen LogP contribution in [0.15, 0.2) is 59.1 Å². The lowest BCUT2D eigenvalue weighted by molar-refractivity contribution is 0.479. The molecule has 0 fully saturated rings. The average Bonchev–Trinajstić information content (AvgIpc) is 2.48. The molecule has 0 aliphatic heterocycles. The van der Waals surface area contributed by atoms with Gasteiger partial charge in [-0.2, -0.15) is 0 Å². The van der Waals surface area contributed by atoms with Crippen LogP contribution in [-0.2, 0) is 5.88 Å². The molecule has 0 saturated carbocycles. The van der Waals surface area contributed by atoms with Crippen LogP contribution in [0, 0.1) is 0 Å². The molecule has 0 heterocycles. The van der Waals surface area contributed by atoms with Crippen LogP contribution >= 0.6 is 39.1 Å². The Morgan fingerprint density at radius 1 is 0.952 bits per heavy atom. The number of fused-ring (bicyclic) bond motifs is 1. The van der Waals surface area contributed by atoms with Gasteiger partial charge < -0.3 is 4.74 Å². The van der Waals surface area contributed by atoms with Crippen LogP contribution in [0.1, 0.15) is 5.56 Å². The number of halogens is 3. The van der Waals surface area contributed by atoms with Crippen molar-refractivity contribution in [3.8, 4) is 11.5 Å². The highest BCUT2D eigenvalue weighted by molar-refractivity contribution is 9.10. The number of rotatable bonds is 3. The normalized spacial score (nSPS) is 10.8. The van der Waals surface area contributed by atoms with Crippen LogP contribution in [0.4, 0.5) is 0 Å². The summed E-state index contributed by atoms with van der Waals surface area (Å²) in [7, 11) is 0. The van der Waals surface area contributed by atoms with E-state index >= 15 is 0 Å². The number of benzene rings is 3. The molecule has 21 heavy (non-hydrogen) atoms. The Morgan fingerprint density at radius 3 is 2.52 bits per heavy atom. The molecule has 0 aromatic heterocycles. The summed E-state index contributed by atoms with van der Waals surface area (Å²) >= 11 is 15.6. The first-order valence-electron chi connectivity index (χ1n) is 6.38. The van der Waals surface area contributed by atoms with Crippen LogP contribution in [-0.4, -0.2) is 0 Å². The summed E-state index contributed by atoms with van der Waals surface area (Å²) < 4.78 is 7.00. The lowest BCUT2D eigenvalue weighted by Crippen LogP contribution is -1.90. The molecule has 0 spiro atoms. The molecule has 106 valence electrons. The Hall–Kier alpha value is -1.22. The first-order chi connectivity index (χ1) is 10.2. The molecule has 0 radical (unpaired) electrons. The summed E-state index contributed by atoms with van der Waals surface area (Å²) in [6, 6.07) is 17.6. The minimum absolute atomic E-state index is 0.315. The monoisotopic (exact) mass is 380 g/mol. The number of hydrogen-bond acceptors (Lipinski definition) is 1. The minimum atomic E-state index is 0.315. The molecule has 0 unspecified atom stereocenters. The van der Waals surface area contributed by atoms with Crippen molar-refractivity contribution >= 4 is 49.9 Å². The summed E-state index contributed by atoms with van der Waals surface area (Å²) in [6.07, 6.45) is 0. The first-order valence-corrected chi connectivity index (χ1v) is 8.08. The van der Waals surface area contributed by atoms with E-state index in [0.717, 1.165) is 26.6 Å². The third-order valence-electron chi connectivity index (χ3n) is 3.21. The zero-order valence-corrected chi connectivity index (χ0v) is 14.0. The number of hydrogen-bond donors (Lipinski definition) is 0.